The van der Waals surface area contributed by atoms with Crippen molar-refractivity contribution in [3.8, 4) is 17.2 Å². The lowest BCUT2D eigenvalue weighted by Crippen LogP contribution is -2.23. The SMILES string of the molecule is COc1ccc(/C=C/c2nc3ccc(I)cc3c(=O)n2-c2ccccc2[N+](=O)[O-])cc1OC. The number of hydrogen-bond donors (Lipinski definition) is 0. The molecular weight excluding hydrogens is 537 g/mol. The van der Waals surface area contributed by atoms with Crippen LogP contribution in [0.2, 0.25) is 0 Å². The first kappa shape index (κ1) is 22.5. The van der Waals surface area contributed by atoms with Gasteiger partial charge in [0.2, 0.25) is 0 Å². The van der Waals surface area contributed by atoms with Crippen molar-refractivity contribution >= 4 is 51.3 Å². The minimum atomic E-state index is -0.511. The summed E-state index contributed by atoms with van der Waals surface area (Å²) in [7, 11) is 3.10. The summed E-state index contributed by atoms with van der Waals surface area (Å²) in [4.78, 5) is 29.3. The maximum Gasteiger partial charge on any atom is 0.293 e. The standard InChI is InChI=1S/C24H18IN3O5/c1-32-21-11-7-15(13-22(21)33-2)8-12-23-26-18-10-9-16(25)14-17(18)24(29)27(23)19-5-3-4-6-20(19)28(30)31/h3-14H,1-2H3/b12-8+. The Morgan fingerprint density at radius 2 is 1.76 bits per heavy atom. The predicted molar refractivity (Wildman–Crippen MR) is 135 cm³/mol. The zero-order chi connectivity index (χ0) is 23.5. The van der Waals surface area contributed by atoms with E-state index in [2.05, 4.69) is 27.6 Å². The summed E-state index contributed by atoms with van der Waals surface area (Å²) >= 11 is 2.11. The van der Waals surface area contributed by atoms with Gasteiger partial charge in [-0.3, -0.25) is 19.5 Å². The van der Waals surface area contributed by atoms with E-state index >= 15 is 0 Å². The number of fused-ring (bicyclic) bond motifs is 1. The van der Waals surface area contributed by atoms with Gasteiger partial charge < -0.3 is 9.47 Å². The van der Waals surface area contributed by atoms with Crippen molar-refractivity contribution in [3.63, 3.8) is 0 Å². The Morgan fingerprint density at radius 1 is 1.00 bits per heavy atom. The van der Waals surface area contributed by atoms with Crippen LogP contribution in [-0.2, 0) is 0 Å². The number of nitro benzene ring substituents is 1. The van der Waals surface area contributed by atoms with E-state index < -0.39 is 4.92 Å². The first-order chi connectivity index (χ1) is 15.9. The Hall–Kier alpha value is -3.73. The molecule has 1 heterocycles. The van der Waals surface area contributed by atoms with Gasteiger partial charge >= 0.3 is 0 Å². The Labute approximate surface area is 202 Å². The van der Waals surface area contributed by atoms with E-state index in [1.165, 1.54) is 16.7 Å². The molecule has 4 rings (SSSR count). The van der Waals surface area contributed by atoms with Gasteiger partial charge in [0.15, 0.2) is 11.5 Å². The molecule has 0 radical (unpaired) electrons. The molecule has 0 spiro atoms. The number of nitrogens with zero attached hydrogens (tertiary/aromatic N) is 3. The van der Waals surface area contributed by atoms with Gasteiger partial charge in [0, 0.05) is 9.64 Å². The quantitative estimate of drug-likeness (QED) is 0.187. The summed E-state index contributed by atoms with van der Waals surface area (Å²) in [6.07, 6.45) is 3.41. The highest BCUT2D eigenvalue weighted by atomic mass is 127. The molecule has 0 saturated carbocycles. The molecule has 33 heavy (non-hydrogen) atoms. The second-order valence-corrected chi connectivity index (χ2v) is 8.21. The topological polar surface area (TPSA) is 96.5 Å². The van der Waals surface area contributed by atoms with Crippen LogP contribution in [0, 0.1) is 13.7 Å². The maximum atomic E-state index is 13.5. The van der Waals surface area contributed by atoms with E-state index in [9.17, 15) is 14.9 Å². The van der Waals surface area contributed by atoms with E-state index in [1.807, 2.05) is 12.1 Å². The molecule has 0 unspecified atom stereocenters. The van der Waals surface area contributed by atoms with Crippen LogP contribution in [0.3, 0.4) is 0 Å². The molecule has 9 heteroatoms. The van der Waals surface area contributed by atoms with Crippen LogP contribution in [-0.4, -0.2) is 28.7 Å². The molecule has 4 aromatic rings. The molecule has 0 aliphatic heterocycles. The molecule has 1 aromatic heterocycles. The van der Waals surface area contributed by atoms with E-state index in [4.69, 9.17) is 9.47 Å². The fourth-order valence-corrected chi connectivity index (χ4v) is 3.95. The van der Waals surface area contributed by atoms with Crippen molar-refractivity contribution in [2.75, 3.05) is 14.2 Å². The number of hydrogen-bond acceptors (Lipinski definition) is 6. The van der Waals surface area contributed by atoms with Gasteiger partial charge in [0.25, 0.3) is 11.2 Å². The third-order valence-electron chi connectivity index (χ3n) is 5.01. The van der Waals surface area contributed by atoms with Crippen molar-refractivity contribution < 1.29 is 14.4 Å². The average molecular weight is 555 g/mol. The van der Waals surface area contributed by atoms with Crippen LogP contribution in [0.15, 0.2) is 65.5 Å². The molecular formula is C24H18IN3O5. The number of aromatic nitrogens is 2. The van der Waals surface area contributed by atoms with Gasteiger partial charge in [-0.25, -0.2) is 4.98 Å². The molecule has 0 fully saturated rings. The monoisotopic (exact) mass is 555 g/mol. The van der Waals surface area contributed by atoms with Gasteiger partial charge in [-0.1, -0.05) is 24.3 Å². The first-order valence-electron chi connectivity index (χ1n) is 9.79. The number of ether oxygens (including phenoxy) is 2. The molecule has 0 saturated heterocycles. The van der Waals surface area contributed by atoms with E-state index in [1.54, 1.807) is 62.8 Å². The summed E-state index contributed by atoms with van der Waals surface area (Å²) < 4.78 is 12.7. The van der Waals surface area contributed by atoms with Crippen molar-refractivity contribution in [1.82, 2.24) is 9.55 Å². The second kappa shape index (κ2) is 9.41. The molecule has 0 aliphatic carbocycles. The van der Waals surface area contributed by atoms with Gasteiger partial charge in [-0.05, 0) is 70.6 Å². The van der Waals surface area contributed by atoms with E-state index in [-0.39, 0.29) is 22.8 Å². The van der Waals surface area contributed by atoms with Gasteiger partial charge in [0.05, 0.1) is 30.0 Å². The Kier molecular flexibility index (Phi) is 6.40. The zero-order valence-corrected chi connectivity index (χ0v) is 19.8. The van der Waals surface area contributed by atoms with Crippen LogP contribution in [0.5, 0.6) is 11.5 Å². The lowest BCUT2D eigenvalue weighted by Gasteiger charge is -2.12. The first-order valence-corrected chi connectivity index (χ1v) is 10.9. The molecule has 0 atom stereocenters. The normalized spacial score (nSPS) is 11.1. The van der Waals surface area contributed by atoms with Crippen LogP contribution >= 0.6 is 22.6 Å². The number of methoxy groups -OCH3 is 2. The smallest absolute Gasteiger partial charge is 0.293 e. The van der Waals surface area contributed by atoms with Crippen molar-refractivity contribution in [2.24, 2.45) is 0 Å². The number of halogens is 1. The van der Waals surface area contributed by atoms with Crippen LogP contribution in [0.25, 0.3) is 28.7 Å². The number of para-hydroxylation sites is 2. The van der Waals surface area contributed by atoms with Crippen LogP contribution in [0.1, 0.15) is 11.4 Å². The van der Waals surface area contributed by atoms with Crippen LogP contribution in [0.4, 0.5) is 5.69 Å². The van der Waals surface area contributed by atoms with Crippen molar-refractivity contribution in [1.29, 1.82) is 0 Å². The fraction of sp³-hybridized carbons (Fsp3) is 0.0833. The van der Waals surface area contributed by atoms with Crippen molar-refractivity contribution in [2.45, 2.75) is 0 Å². The Morgan fingerprint density at radius 3 is 2.48 bits per heavy atom. The molecule has 0 N–H and O–H groups in total. The highest BCUT2D eigenvalue weighted by molar-refractivity contribution is 14.1. The Bertz CT molecular complexity index is 1460. The highest BCUT2D eigenvalue weighted by Crippen LogP contribution is 2.29. The zero-order valence-electron chi connectivity index (χ0n) is 17.7. The van der Waals surface area contributed by atoms with Gasteiger partial charge in [-0.2, -0.15) is 0 Å². The number of nitro groups is 1. The molecule has 0 amide bonds. The second-order valence-electron chi connectivity index (χ2n) is 6.97. The van der Waals surface area contributed by atoms with E-state index in [0.29, 0.717) is 22.4 Å². The molecule has 166 valence electrons. The summed E-state index contributed by atoms with van der Waals surface area (Å²) in [6.45, 7) is 0. The average Bonchev–Trinajstić information content (AvgIpc) is 2.83. The minimum absolute atomic E-state index is 0.146. The molecule has 0 bridgehead atoms. The molecule has 0 aliphatic rings. The van der Waals surface area contributed by atoms with Crippen LogP contribution < -0.4 is 15.0 Å². The number of benzene rings is 3. The summed E-state index contributed by atoms with van der Waals surface area (Å²) in [5.41, 5.74) is 0.848. The Balaban J connectivity index is 1.96. The van der Waals surface area contributed by atoms with Gasteiger partial charge in [-0.15, -0.1) is 0 Å². The highest BCUT2D eigenvalue weighted by Gasteiger charge is 2.20. The van der Waals surface area contributed by atoms with E-state index in [0.717, 1.165) is 9.13 Å². The lowest BCUT2D eigenvalue weighted by molar-refractivity contribution is -0.384. The summed E-state index contributed by atoms with van der Waals surface area (Å²) in [5, 5.41) is 12.0. The van der Waals surface area contributed by atoms with Crippen molar-refractivity contribution in [3.05, 3.63) is 96.1 Å². The lowest BCUT2D eigenvalue weighted by atomic mass is 10.1. The molecule has 8 nitrogen and oxygen atoms in total. The number of rotatable bonds is 6. The predicted octanol–water partition coefficient (Wildman–Crippen LogP) is 5.09. The summed E-state index contributed by atoms with van der Waals surface area (Å²) in [5.74, 6) is 1.40. The largest absolute Gasteiger partial charge is 0.493 e. The van der Waals surface area contributed by atoms with Gasteiger partial charge in [0.1, 0.15) is 11.5 Å². The fourth-order valence-electron chi connectivity index (χ4n) is 3.45. The third kappa shape index (κ3) is 4.44. The summed E-state index contributed by atoms with van der Waals surface area (Å²) in [6, 6.07) is 16.8. The molecule has 3 aromatic carbocycles. The maximum absolute atomic E-state index is 13.5. The third-order valence-corrected chi connectivity index (χ3v) is 5.68. The minimum Gasteiger partial charge on any atom is -0.493 e.